The van der Waals surface area contributed by atoms with Crippen LogP contribution in [0.1, 0.15) is 11.1 Å². The summed E-state index contributed by atoms with van der Waals surface area (Å²) in [5.74, 6) is 0.859. The van der Waals surface area contributed by atoms with E-state index in [-0.39, 0.29) is 0 Å². The van der Waals surface area contributed by atoms with Crippen molar-refractivity contribution in [3.63, 3.8) is 0 Å². The molecule has 0 radical (unpaired) electrons. The molecule has 0 aliphatic heterocycles. The van der Waals surface area contributed by atoms with Crippen molar-refractivity contribution in [2.75, 3.05) is 7.11 Å². The number of hydrogen-bond donors (Lipinski definition) is 0. The van der Waals surface area contributed by atoms with Crippen molar-refractivity contribution < 1.29 is 4.74 Å². The highest BCUT2D eigenvalue weighted by atomic mass is 16.5. The van der Waals surface area contributed by atoms with E-state index in [1.165, 1.54) is 10.8 Å². The second kappa shape index (κ2) is 5.22. The zero-order chi connectivity index (χ0) is 13.9. The van der Waals surface area contributed by atoms with E-state index in [0.29, 0.717) is 0 Å². The first-order chi connectivity index (χ1) is 9.81. The van der Waals surface area contributed by atoms with Crippen LogP contribution >= 0.6 is 0 Å². The molecule has 0 aliphatic rings. The number of methoxy groups -OCH3 is 1. The number of rotatable bonds is 3. The lowest BCUT2D eigenvalue weighted by molar-refractivity contribution is 0.414. The number of hydrogen-bond acceptors (Lipinski definition) is 1. The molecule has 3 rings (SSSR count). The van der Waals surface area contributed by atoms with Crippen molar-refractivity contribution in [1.82, 2.24) is 0 Å². The molecule has 0 aromatic heterocycles. The lowest BCUT2D eigenvalue weighted by Gasteiger charge is -2.14. The molecule has 3 aromatic carbocycles. The van der Waals surface area contributed by atoms with Gasteiger partial charge in [-0.1, -0.05) is 67.2 Å². The SMILES string of the molecule is C=C(c1ccccc1)c1c(OC)ccc2ccccc12. The van der Waals surface area contributed by atoms with Gasteiger partial charge in [0.25, 0.3) is 0 Å². The maximum absolute atomic E-state index is 5.54. The van der Waals surface area contributed by atoms with Crippen LogP contribution in [0.3, 0.4) is 0 Å². The molecular weight excluding hydrogens is 244 g/mol. The van der Waals surface area contributed by atoms with Crippen LogP contribution in [0.25, 0.3) is 16.3 Å². The molecule has 20 heavy (non-hydrogen) atoms. The lowest BCUT2D eigenvalue weighted by atomic mass is 9.93. The van der Waals surface area contributed by atoms with E-state index in [9.17, 15) is 0 Å². The molecule has 0 fully saturated rings. The molecule has 0 atom stereocenters. The van der Waals surface area contributed by atoms with E-state index in [0.717, 1.165) is 22.4 Å². The second-order valence-corrected chi connectivity index (χ2v) is 4.71. The Bertz CT molecular complexity index is 757. The summed E-state index contributed by atoms with van der Waals surface area (Å²) in [6.45, 7) is 4.27. The summed E-state index contributed by atoms with van der Waals surface area (Å²) >= 11 is 0. The van der Waals surface area contributed by atoms with Gasteiger partial charge in [-0.3, -0.25) is 0 Å². The van der Waals surface area contributed by atoms with Crippen LogP contribution in [0.5, 0.6) is 5.75 Å². The van der Waals surface area contributed by atoms with Gasteiger partial charge < -0.3 is 4.74 Å². The summed E-state index contributed by atoms with van der Waals surface area (Å²) in [6, 6.07) is 22.6. The summed E-state index contributed by atoms with van der Waals surface area (Å²) in [6.07, 6.45) is 0. The molecule has 0 saturated carbocycles. The fourth-order valence-corrected chi connectivity index (χ4v) is 2.52. The normalized spacial score (nSPS) is 10.4. The number of fused-ring (bicyclic) bond motifs is 1. The summed E-state index contributed by atoms with van der Waals surface area (Å²) in [5.41, 5.74) is 3.17. The Balaban J connectivity index is 2.26. The molecule has 3 aromatic rings. The molecular formula is C19H16O. The molecule has 98 valence electrons. The topological polar surface area (TPSA) is 9.23 Å². The van der Waals surface area contributed by atoms with Crippen molar-refractivity contribution >= 4 is 16.3 Å². The Hall–Kier alpha value is -2.54. The molecule has 0 aliphatic carbocycles. The predicted molar refractivity (Wildman–Crippen MR) is 85.1 cm³/mol. The van der Waals surface area contributed by atoms with Gasteiger partial charge >= 0.3 is 0 Å². The summed E-state index contributed by atoms with van der Waals surface area (Å²) in [5, 5.41) is 2.36. The predicted octanol–water partition coefficient (Wildman–Crippen LogP) is 4.91. The van der Waals surface area contributed by atoms with E-state index in [1.54, 1.807) is 7.11 Å². The van der Waals surface area contributed by atoms with Crippen LogP contribution < -0.4 is 4.74 Å². The highest BCUT2D eigenvalue weighted by Crippen LogP contribution is 2.35. The van der Waals surface area contributed by atoms with Crippen molar-refractivity contribution in [2.45, 2.75) is 0 Å². The Morgan fingerprint density at radius 3 is 2.30 bits per heavy atom. The van der Waals surface area contributed by atoms with E-state index in [2.05, 4.69) is 36.9 Å². The van der Waals surface area contributed by atoms with E-state index < -0.39 is 0 Å². The Morgan fingerprint density at radius 2 is 1.55 bits per heavy atom. The van der Waals surface area contributed by atoms with Crippen molar-refractivity contribution in [2.24, 2.45) is 0 Å². The Kier molecular flexibility index (Phi) is 3.26. The maximum Gasteiger partial charge on any atom is 0.127 e. The van der Waals surface area contributed by atoms with Crippen molar-refractivity contribution in [1.29, 1.82) is 0 Å². The van der Waals surface area contributed by atoms with Crippen LogP contribution in [0, 0.1) is 0 Å². The summed E-state index contributed by atoms with van der Waals surface area (Å²) < 4.78 is 5.54. The third-order valence-corrected chi connectivity index (χ3v) is 3.53. The first-order valence-electron chi connectivity index (χ1n) is 6.61. The van der Waals surface area contributed by atoms with Gasteiger partial charge in [0.05, 0.1) is 7.11 Å². The standard InChI is InChI=1S/C19H16O/c1-14(15-8-4-3-5-9-15)19-17-11-7-6-10-16(17)12-13-18(19)20-2/h3-13H,1H2,2H3. The van der Waals surface area contributed by atoms with Gasteiger partial charge in [-0.25, -0.2) is 0 Å². The van der Waals surface area contributed by atoms with Gasteiger partial charge in [0.15, 0.2) is 0 Å². The highest BCUT2D eigenvalue weighted by Gasteiger charge is 2.12. The number of ether oxygens (including phenoxy) is 1. The molecule has 1 heteroatoms. The molecule has 0 amide bonds. The van der Waals surface area contributed by atoms with Crippen LogP contribution in [0.2, 0.25) is 0 Å². The van der Waals surface area contributed by atoms with E-state index >= 15 is 0 Å². The smallest absolute Gasteiger partial charge is 0.127 e. The van der Waals surface area contributed by atoms with Gasteiger partial charge in [-0.2, -0.15) is 0 Å². The third kappa shape index (κ3) is 2.08. The van der Waals surface area contributed by atoms with E-state index in [1.807, 2.05) is 36.4 Å². The van der Waals surface area contributed by atoms with Gasteiger partial charge in [-0.15, -0.1) is 0 Å². The zero-order valence-corrected chi connectivity index (χ0v) is 11.5. The summed E-state index contributed by atoms with van der Waals surface area (Å²) in [4.78, 5) is 0. The molecule has 0 N–H and O–H groups in total. The van der Waals surface area contributed by atoms with Crippen LogP contribution in [0.4, 0.5) is 0 Å². The molecule has 0 bridgehead atoms. The zero-order valence-electron chi connectivity index (χ0n) is 11.5. The first-order valence-corrected chi connectivity index (χ1v) is 6.61. The largest absolute Gasteiger partial charge is 0.496 e. The maximum atomic E-state index is 5.54. The molecule has 0 spiro atoms. The van der Waals surface area contributed by atoms with Gasteiger partial charge in [0.1, 0.15) is 5.75 Å². The quantitative estimate of drug-likeness (QED) is 0.650. The molecule has 0 heterocycles. The highest BCUT2D eigenvalue weighted by molar-refractivity contribution is 5.99. The van der Waals surface area contributed by atoms with Crippen LogP contribution in [0.15, 0.2) is 73.3 Å². The Labute approximate surface area is 119 Å². The summed E-state index contributed by atoms with van der Waals surface area (Å²) in [7, 11) is 1.70. The average Bonchev–Trinajstić information content (AvgIpc) is 2.54. The minimum absolute atomic E-state index is 0.859. The minimum Gasteiger partial charge on any atom is -0.496 e. The molecule has 1 nitrogen and oxygen atoms in total. The van der Waals surface area contributed by atoms with Gasteiger partial charge in [0, 0.05) is 5.56 Å². The van der Waals surface area contributed by atoms with Gasteiger partial charge in [-0.05, 0) is 28.0 Å². The first kappa shape index (κ1) is 12.5. The third-order valence-electron chi connectivity index (χ3n) is 3.53. The minimum atomic E-state index is 0.859. The monoisotopic (exact) mass is 260 g/mol. The van der Waals surface area contributed by atoms with E-state index in [4.69, 9.17) is 4.74 Å². The lowest BCUT2D eigenvalue weighted by Crippen LogP contribution is -1.94. The van der Waals surface area contributed by atoms with Gasteiger partial charge in [0.2, 0.25) is 0 Å². The fraction of sp³-hybridized carbons (Fsp3) is 0.0526. The molecule has 0 unspecified atom stereocenters. The Morgan fingerprint density at radius 1 is 0.850 bits per heavy atom. The molecule has 0 saturated heterocycles. The second-order valence-electron chi connectivity index (χ2n) is 4.71. The van der Waals surface area contributed by atoms with Crippen LogP contribution in [-0.2, 0) is 0 Å². The van der Waals surface area contributed by atoms with Crippen molar-refractivity contribution in [3.05, 3.63) is 84.4 Å². The van der Waals surface area contributed by atoms with Crippen molar-refractivity contribution in [3.8, 4) is 5.75 Å². The fourth-order valence-electron chi connectivity index (χ4n) is 2.52. The number of benzene rings is 3. The van der Waals surface area contributed by atoms with Crippen LogP contribution in [-0.4, -0.2) is 7.11 Å². The average molecular weight is 260 g/mol.